The Kier molecular flexibility index (Phi) is 7.07. The summed E-state index contributed by atoms with van der Waals surface area (Å²) in [5.74, 6) is 0.586. The number of hydrogen-bond acceptors (Lipinski definition) is 5. The maximum atomic E-state index is 9.52. The zero-order valence-electron chi connectivity index (χ0n) is 19.4. The number of rotatable bonds is 10. The Labute approximate surface area is 204 Å². The van der Waals surface area contributed by atoms with Crippen molar-refractivity contribution < 1.29 is 14.5 Å². The largest absolute Gasteiger partial charge is 0.396 e. The summed E-state index contributed by atoms with van der Waals surface area (Å²) >= 11 is 0. The van der Waals surface area contributed by atoms with Crippen molar-refractivity contribution in [2.45, 2.75) is 25.6 Å². The first-order chi connectivity index (χ1) is 17.3. The van der Waals surface area contributed by atoms with Crippen molar-refractivity contribution in [2.24, 2.45) is 0 Å². The highest BCUT2D eigenvalue weighted by molar-refractivity contribution is 5.80. The number of nitrogens with zero attached hydrogens (tertiary/aromatic N) is 4. The first-order valence-corrected chi connectivity index (χ1v) is 11.7. The molecular weight excluding hydrogens is 438 g/mol. The molecule has 5 aromatic rings. The molecule has 0 unspecified atom stereocenters. The van der Waals surface area contributed by atoms with Gasteiger partial charge >= 0.3 is 5.65 Å². The molecule has 176 valence electrons. The molecular formula is C28H28N5O2+. The van der Waals surface area contributed by atoms with E-state index < -0.39 is 0 Å². The van der Waals surface area contributed by atoms with E-state index in [1.807, 2.05) is 42.5 Å². The molecule has 7 heteroatoms. The van der Waals surface area contributed by atoms with Crippen molar-refractivity contribution in [2.75, 3.05) is 12.1 Å². The number of nitrogens with one attached hydrogen (secondary N) is 1. The van der Waals surface area contributed by atoms with Crippen LogP contribution in [0.1, 0.15) is 29.2 Å². The average molecular weight is 467 g/mol. The molecule has 2 N–H and O–H groups in total. The Morgan fingerprint density at radius 3 is 2.11 bits per heavy atom. The average Bonchev–Trinajstić information content (AvgIpc) is 3.28. The molecule has 0 aliphatic rings. The van der Waals surface area contributed by atoms with Gasteiger partial charge in [0.2, 0.25) is 5.52 Å². The maximum absolute atomic E-state index is 9.52. The van der Waals surface area contributed by atoms with Crippen LogP contribution in [0.4, 0.5) is 5.82 Å². The normalized spacial score (nSPS) is 11.3. The third kappa shape index (κ3) is 5.06. The SMILES string of the molecule is OCCCn1c[n+](C(c2ccccc2)c2ccccc2)c2ncnc(NOCc3ccccc3)c21. The van der Waals surface area contributed by atoms with Crippen molar-refractivity contribution in [1.82, 2.24) is 14.5 Å². The van der Waals surface area contributed by atoms with E-state index in [9.17, 15) is 5.11 Å². The number of benzene rings is 3. The van der Waals surface area contributed by atoms with Gasteiger partial charge in [-0.15, -0.1) is 0 Å². The second-order valence-corrected chi connectivity index (χ2v) is 8.29. The fourth-order valence-electron chi connectivity index (χ4n) is 4.31. The van der Waals surface area contributed by atoms with Crippen LogP contribution < -0.4 is 10.0 Å². The Bertz CT molecular complexity index is 1320. The third-order valence-electron chi connectivity index (χ3n) is 5.91. The molecule has 2 heterocycles. The standard InChI is InChI=1S/C28H28N5O2/c34-18-10-17-32-21-33(25(23-13-6-2-7-14-23)24-15-8-3-9-16-24)28-26(32)27(29-20-30-28)31-35-19-22-11-4-1-5-12-22/h1-9,11-16,20-21,25,34H,10,17-19H2,(H,29,30,31)/q+1. The van der Waals surface area contributed by atoms with Crippen LogP contribution in [0.5, 0.6) is 0 Å². The lowest BCUT2D eigenvalue weighted by molar-refractivity contribution is -0.682. The van der Waals surface area contributed by atoms with E-state index >= 15 is 0 Å². The van der Waals surface area contributed by atoms with Gasteiger partial charge in [0.1, 0.15) is 6.04 Å². The fourth-order valence-corrected chi connectivity index (χ4v) is 4.31. The number of fused-ring (bicyclic) bond motifs is 1. The Hall–Kier alpha value is -4.07. The van der Waals surface area contributed by atoms with Crippen LogP contribution in [-0.4, -0.2) is 26.2 Å². The number of aryl methyl sites for hydroxylation is 1. The van der Waals surface area contributed by atoms with E-state index in [0.717, 1.165) is 27.9 Å². The minimum atomic E-state index is -0.0803. The first kappa shape index (κ1) is 22.7. The topological polar surface area (TPSA) is 76.1 Å². The van der Waals surface area contributed by atoms with E-state index in [0.29, 0.717) is 25.4 Å². The van der Waals surface area contributed by atoms with Crippen LogP contribution >= 0.6 is 0 Å². The van der Waals surface area contributed by atoms with Crippen molar-refractivity contribution in [3.63, 3.8) is 0 Å². The summed E-state index contributed by atoms with van der Waals surface area (Å²) in [6.07, 6.45) is 4.23. The summed E-state index contributed by atoms with van der Waals surface area (Å²) in [5, 5.41) is 9.52. The molecule has 0 atom stereocenters. The maximum Gasteiger partial charge on any atom is 0.308 e. The Morgan fingerprint density at radius 1 is 0.857 bits per heavy atom. The molecule has 0 bridgehead atoms. The van der Waals surface area contributed by atoms with Gasteiger partial charge in [0, 0.05) is 13.0 Å². The molecule has 7 nitrogen and oxygen atoms in total. The number of hydrogen-bond donors (Lipinski definition) is 2. The minimum absolute atomic E-state index is 0.0803. The quantitative estimate of drug-likeness (QED) is 0.237. The van der Waals surface area contributed by atoms with E-state index in [2.05, 4.69) is 79.4 Å². The number of aliphatic hydroxyl groups is 1. The van der Waals surface area contributed by atoms with Crippen molar-refractivity contribution >= 4 is 17.0 Å². The predicted octanol–water partition coefficient (Wildman–Crippen LogP) is 4.28. The molecule has 0 saturated carbocycles. The van der Waals surface area contributed by atoms with Crippen molar-refractivity contribution in [1.29, 1.82) is 0 Å². The molecule has 0 aliphatic carbocycles. The number of aromatic nitrogens is 4. The number of aliphatic hydroxyl groups excluding tert-OH is 1. The van der Waals surface area contributed by atoms with Gasteiger partial charge < -0.3 is 5.11 Å². The second kappa shape index (κ2) is 10.9. The summed E-state index contributed by atoms with van der Waals surface area (Å²) in [5.41, 5.74) is 8.00. The van der Waals surface area contributed by atoms with Gasteiger partial charge in [-0.1, -0.05) is 96.0 Å². The van der Waals surface area contributed by atoms with Gasteiger partial charge in [-0.05, 0) is 16.7 Å². The number of anilines is 1. The zero-order valence-corrected chi connectivity index (χ0v) is 19.4. The van der Waals surface area contributed by atoms with Crippen LogP contribution in [0.2, 0.25) is 0 Å². The fraction of sp³-hybridized carbons (Fsp3) is 0.179. The molecule has 0 saturated heterocycles. The second-order valence-electron chi connectivity index (χ2n) is 8.29. The molecule has 2 aromatic heterocycles. The lowest BCUT2D eigenvalue weighted by atomic mass is 9.98. The molecule has 35 heavy (non-hydrogen) atoms. The van der Waals surface area contributed by atoms with Gasteiger partial charge in [-0.25, -0.2) is 10.0 Å². The molecule has 3 aromatic carbocycles. The summed E-state index contributed by atoms with van der Waals surface area (Å²) in [6.45, 7) is 1.12. The highest BCUT2D eigenvalue weighted by Crippen LogP contribution is 2.26. The summed E-state index contributed by atoms with van der Waals surface area (Å²) in [7, 11) is 0. The van der Waals surface area contributed by atoms with E-state index in [1.165, 1.54) is 0 Å². The lowest BCUT2D eigenvalue weighted by Gasteiger charge is -2.16. The van der Waals surface area contributed by atoms with Crippen LogP contribution in [-0.2, 0) is 18.0 Å². The molecule has 0 radical (unpaired) electrons. The van der Waals surface area contributed by atoms with Gasteiger partial charge in [0.25, 0.3) is 0 Å². The summed E-state index contributed by atoms with van der Waals surface area (Å²) < 4.78 is 4.25. The zero-order chi connectivity index (χ0) is 23.9. The van der Waals surface area contributed by atoms with Crippen LogP contribution in [0.15, 0.2) is 104 Å². The van der Waals surface area contributed by atoms with Crippen molar-refractivity contribution in [3.8, 4) is 0 Å². The van der Waals surface area contributed by atoms with E-state index in [-0.39, 0.29) is 12.6 Å². The third-order valence-corrected chi connectivity index (χ3v) is 5.91. The molecule has 0 fully saturated rings. The lowest BCUT2D eigenvalue weighted by Crippen LogP contribution is -2.40. The van der Waals surface area contributed by atoms with E-state index in [1.54, 1.807) is 6.33 Å². The van der Waals surface area contributed by atoms with Crippen LogP contribution in [0.25, 0.3) is 11.2 Å². The minimum Gasteiger partial charge on any atom is -0.396 e. The van der Waals surface area contributed by atoms with E-state index in [4.69, 9.17) is 4.84 Å². The molecule has 0 amide bonds. The molecule has 0 aliphatic heterocycles. The van der Waals surface area contributed by atoms with Gasteiger partial charge in [0.05, 0.1) is 13.2 Å². The van der Waals surface area contributed by atoms with Crippen molar-refractivity contribution in [3.05, 3.63) is 120 Å². The van der Waals surface area contributed by atoms with Gasteiger partial charge in [0.15, 0.2) is 18.5 Å². The first-order valence-electron chi connectivity index (χ1n) is 11.7. The van der Waals surface area contributed by atoms with Gasteiger partial charge in [-0.2, -0.15) is 4.98 Å². The predicted molar refractivity (Wildman–Crippen MR) is 134 cm³/mol. The van der Waals surface area contributed by atoms with Crippen LogP contribution in [0.3, 0.4) is 0 Å². The molecule has 5 rings (SSSR count). The summed E-state index contributed by atoms with van der Waals surface area (Å²) in [4.78, 5) is 15.0. The monoisotopic (exact) mass is 466 g/mol. The Morgan fingerprint density at radius 2 is 1.49 bits per heavy atom. The number of imidazole rings is 1. The Balaban J connectivity index is 1.58. The van der Waals surface area contributed by atoms with Crippen LogP contribution in [0, 0.1) is 0 Å². The smallest absolute Gasteiger partial charge is 0.308 e. The highest BCUT2D eigenvalue weighted by Gasteiger charge is 2.28. The molecule has 0 spiro atoms. The summed E-state index contributed by atoms with van der Waals surface area (Å²) in [6, 6.07) is 30.7. The highest BCUT2D eigenvalue weighted by atomic mass is 16.6. The van der Waals surface area contributed by atoms with Gasteiger partial charge in [-0.3, -0.25) is 9.40 Å².